The topological polar surface area (TPSA) is 43.1 Å². The van der Waals surface area contributed by atoms with E-state index < -0.39 is 0 Å². The van der Waals surface area contributed by atoms with Gasteiger partial charge < -0.3 is 9.47 Å². The third kappa shape index (κ3) is 2.50. The van der Waals surface area contributed by atoms with Crippen LogP contribution in [-0.2, 0) is 13.6 Å². The number of carbonyl (C=O) groups excluding carboxylic acids is 1. The molecule has 124 valence electrons. The summed E-state index contributed by atoms with van der Waals surface area (Å²) < 4.78 is 3.99. The number of para-hydroxylation sites is 1. The molecule has 1 amide bonds. The second-order valence-corrected chi connectivity index (χ2v) is 6.71. The number of likely N-dealkylation sites (tertiary alicyclic amines) is 1. The second kappa shape index (κ2) is 5.82. The lowest BCUT2D eigenvalue weighted by Gasteiger charge is -2.24. The maximum Gasteiger partial charge on any atom is 0.256 e. The molecule has 2 aromatic heterocycles. The Bertz CT molecular complexity index is 892. The average molecular weight is 322 g/mol. The number of carbonyl (C=O) groups is 1. The summed E-state index contributed by atoms with van der Waals surface area (Å²) in [6.45, 7) is 3.63. The number of aromatic nitrogens is 3. The molecule has 1 aliphatic heterocycles. The predicted octanol–water partition coefficient (Wildman–Crippen LogP) is 2.99. The molecule has 0 saturated carbocycles. The van der Waals surface area contributed by atoms with E-state index in [0.717, 1.165) is 48.0 Å². The van der Waals surface area contributed by atoms with Crippen molar-refractivity contribution in [3.63, 3.8) is 0 Å². The van der Waals surface area contributed by atoms with Crippen molar-refractivity contribution in [1.82, 2.24) is 19.2 Å². The molecule has 1 aliphatic rings. The van der Waals surface area contributed by atoms with E-state index in [4.69, 9.17) is 0 Å². The van der Waals surface area contributed by atoms with Gasteiger partial charge in [0.1, 0.15) is 0 Å². The molecule has 5 heteroatoms. The van der Waals surface area contributed by atoms with Gasteiger partial charge in [0.15, 0.2) is 0 Å². The maximum atomic E-state index is 13.2. The molecule has 0 N–H and O–H groups in total. The molecular formula is C19H22N4O. The second-order valence-electron chi connectivity index (χ2n) is 6.71. The van der Waals surface area contributed by atoms with Crippen molar-refractivity contribution in [2.24, 2.45) is 7.05 Å². The highest BCUT2D eigenvalue weighted by Gasteiger charge is 2.31. The van der Waals surface area contributed by atoms with Crippen LogP contribution in [0, 0.1) is 6.92 Å². The lowest BCUT2D eigenvalue weighted by Crippen LogP contribution is -2.38. The molecule has 0 aliphatic carbocycles. The van der Waals surface area contributed by atoms with Crippen LogP contribution in [0.4, 0.5) is 0 Å². The van der Waals surface area contributed by atoms with E-state index in [1.807, 2.05) is 64.9 Å². The van der Waals surface area contributed by atoms with Crippen LogP contribution in [0.15, 0.2) is 42.9 Å². The van der Waals surface area contributed by atoms with Crippen LogP contribution in [-0.4, -0.2) is 37.7 Å². The Morgan fingerprint density at radius 3 is 2.92 bits per heavy atom. The normalized spacial score (nSPS) is 17.8. The van der Waals surface area contributed by atoms with E-state index in [1.165, 1.54) is 0 Å². The molecule has 1 atom stereocenters. The predicted molar refractivity (Wildman–Crippen MR) is 93.9 cm³/mol. The van der Waals surface area contributed by atoms with Crippen molar-refractivity contribution in [3.8, 4) is 0 Å². The molecule has 24 heavy (non-hydrogen) atoms. The Morgan fingerprint density at radius 1 is 1.29 bits per heavy atom. The summed E-state index contributed by atoms with van der Waals surface area (Å²) in [6, 6.07) is 8.31. The zero-order valence-electron chi connectivity index (χ0n) is 14.1. The van der Waals surface area contributed by atoms with Gasteiger partial charge in [-0.05, 0) is 31.4 Å². The molecule has 1 saturated heterocycles. The van der Waals surface area contributed by atoms with Gasteiger partial charge in [-0.2, -0.15) is 5.10 Å². The van der Waals surface area contributed by atoms with Crippen molar-refractivity contribution < 1.29 is 4.79 Å². The van der Waals surface area contributed by atoms with E-state index in [1.54, 1.807) is 0 Å². The fourth-order valence-corrected chi connectivity index (χ4v) is 3.74. The molecule has 4 rings (SSSR count). The summed E-state index contributed by atoms with van der Waals surface area (Å²) in [5.41, 5.74) is 3.05. The van der Waals surface area contributed by atoms with Crippen molar-refractivity contribution >= 4 is 16.8 Å². The molecule has 1 fully saturated rings. The summed E-state index contributed by atoms with van der Waals surface area (Å²) in [6.07, 6.45) is 7.96. The summed E-state index contributed by atoms with van der Waals surface area (Å²) in [4.78, 5) is 15.2. The summed E-state index contributed by atoms with van der Waals surface area (Å²) in [7, 11) is 1.99. The van der Waals surface area contributed by atoms with Gasteiger partial charge in [0.25, 0.3) is 5.91 Å². The van der Waals surface area contributed by atoms with Crippen LogP contribution >= 0.6 is 0 Å². The Hall–Kier alpha value is -2.56. The number of rotatable bonds is 3. The number of aryl methyl sites for hydroxylation is 2. The van der Waals surface area contributed by atoms with Crippen molar-refractivity contribution in [2.75, 3.05) is 6.54 Å². The zero-order chi connectivity index (χ0) is 16.7. The summed E-state index contributed by atoms with van der Waals surface area (Å²) >= 11 is 0. The monoisotopic (exact) mass is 322 g/mol. The molecule has 1 aromatic carbocycles. The van der Waals surface area contributed by atoms with E-state index in [9.17, 15) is 4.79 Å². The molecule has 3 aromatic rings. The van der Waals surface area contributed by atoms with Crippen molar-refractivity contribution in [3.05, 3.63) is 54.0 Å². The van der Waals surface area contributed by atoms with Gasteiger partial charge >= 0.3 is 0 Å². The average Bonchev–Trinajstić information content (AvgIpc) is 3.28. The molecule has 0 spiro atoms. The number of benzene rings is 1. The quantitative estimate of drug-likeness (QED) is 0.744. The molecule has 5 nitrogen and oxygen atoms in total. The van der Waals surface area contributed by atoms with Gasteiger partial charge in [-0.25, -0.2) is 0 Å². The first-order chi connectivity index (χ1) is 11.6. The molecule has 0 bridgehead atoms. The van der Waals surface area contributed by atoms with Crippen LogP contribution in [0.25, 0.3) is 10.9 Å². The Kier molecular flexibility index (Phi) is 3.63. The molecule has 0 radical (unpaired) electrons. The Morgan fingerprint density at radius 2 is 2.12 bits per heavy atom. The van der Waals surface area contributed by atoms with Gasteiger partial charge in [-0.1, -0.05) is 18.2 Å². The fourth-order valence-electron chi connectivity index (χ4n) is 3.74. The minimum absolute atomic E-state index is 0.137. The van der Waals surface area contributed by atoms with Gasteiger partial charge in [0.2, 0.25) is 0 Å². The SMILES string of the molecule is Cc1cnn(C[C@H]2CCCN2C(=O)c2cn(C)c3ccccc23)c1. The molecule has 0 unspecified atom stereocenters. The van der Waals surface area contributed by atoms with E-state index in [2.05, 4.69) is 11.2 Å². The van der Waals surface area contributed by atoms with Crippen LogP contribution < -0.4 is 0 Å². The van der Waals surface area contributed by atoms with E-state index in [-0.39, 0.29) is 11.9 Å². The third-order valence-corrected chi connectivity index (χ3v) is 4.93. The van der Waals surface area contributed by atoms with Gasteiger partial charge in [-0.15, -0.1) is 0 Å². The number of fused-ring (bicyclic) bond motifs is 1. The largest absolute Gasteiger partial charge is 0.350 e. The van der Waals surface area contributed by atoms with Crippen molar-refractivity contribution in [1.29, 1.82) is 0 Å². The van der Waals surface area contributed by atoms with E-state index >= 15 is 0 Å². The van der Waals surface area contributed by atoms with Gasteiger partial charge in [0, 0.05) is 36.9 Å². The number of amides is 1. The Balaban J connectivity index is 1.62. The first-order valence-corrected chi connectivity index (χ1v) is 8.47. The maximum absolute atomic E-state index is 13.2. The van der Waals surface area contributed by atoms with Crippen LogP contribution in [0.2, 0.25) is 0 Å². The van der Waals surface area contributed by atoms with Crippen LogP contribution in [0.5, 0.6) is 0 Å². The Labute approximate surface area is 141 Å². The molecular weight excluding hydrogens is 300 g/mol. The minimum atomic E-state index is 0.137. The first kappa shape index (κ1) is 15.0. The highest BCUT2D eigenvalue weighted by molar-refractivity contribution is 6.07. The lowest BCUT2D eigenvalue weighted by atomic mass is 10.1. The van der Waals surface area contributed by atoms with Gasteiger partial charge in [0.05, 0.1) is 24.3 Å². The highest BCUT2D eigenvalue weighted by atomic mass is 16.2. The summed E-state index contributed by atoms with van der Waals surface area (Å²) in [5.74, 6) is 0.137. The summed E-state index contributed by atoms with van der Waals surface area (Å²) in [5, 5.41) is 5.41. The highest BCUT2D eigenvalue weighted by Crippen LogP contribution is 2.26. The van der Waals surface area contributed by atoms with Crippen LogP contribution in [0.1, 0.15) is 28.8 Å². The van der Waals surface area contributed by atoms with Gasteiger partial charge in [-0.3, -0.25) is 9.48 Å². The fraction of sp³-hybridized carbons (Fsp3) is 0.368. The third-order valence-electron chi connectivity index (χ3n) is 4.93. The number of nitrogens with zero attached hydrogens (tertiary/aromatic N) is 4. The smallest absolute Gasteiger partial charge is 0.256 e. The lowest BCUT2D eigenvalue weighted by molar-refractivity contribution is 0.0723. The van der Waals surface area contributed by atoms with E-state index in [0.29, 0.717) is 0 Å². The van der Waals surface area contributed by atoms with Crippen molar-refractivity contribution in [2.45, 2.75) is 32.4 Å². The standard InChI is InChI=1S/C19H22N4O/c1-14-10-20-22(11-14)12-15-6-5-9-23(15)19(24)17-13-21(2)18-8-4-3-7-16(17)18/h3-4,7-8,10-11,13,15H,5-6,9,12H2,1-2H3/t15-/m1/s1. The zero-order valence-corrected chi connectivity index (χ0v) is 14.1. The first-order valence-electron chi connectivity index (χ1n) is 8.47. The molecule has 3 heterocycles. The number of hydrogen-bond donors (Lipinski definition) is 0. The minimum Gasteiger partial charge on any atom is -0.350 e. The van der Waals surface area contributed by atoms with Crippen LogP contribution in [0.3, 0.4) is 0 Å². The number of hydrogen-bond acceptors (Lipinski definition) is 2.